The second-order valence-electron chi connectivity index (χ2n) is 5.69. The van der Waals surface area contributed by atoms with Gasteiger partial charge in [0.2, 0.25) is 5.91 Å². The summed E-state index contributed by atoms with van der Waals surface area (Å²) in [5, 5.41) is 2.82. The second kappa shape index (κ2) is 8.31. The van der Waals surface area contributed by atoms with Crippen LogP contribution in [-0.4, -0.2) is 39.3 Å². The largest absolute Gasteiger partial charge is 0.493 e. The first-order valence-electron chi connectivity index (χ1n) is 7.68. The van der Waals surface area contributed by atoms with Gasteiger partial charge in [-0.1, -0.05) is 13.8 Å². The summed E-state index contributed by atoms with van der Waals surface area (Å²) in [6.45, 7) is 4.67. The van der Waals surface area contributed by atoms with Crippen LogP contribution in [-0.2, 0) is 14.6 Å². The minimum Gasteiger partial charge on any atom is -0.493 e. The Morgan fingerprint density at radius 1 is 1.22 bits per heavy atom. The lowest BCUT2D eigenvalue weighted by molar-refractivity contribution is -0.121. The predicted octanol–water partition coefficient (Wildman–Crippen LogP) is 1.49. The lowest BCUT2D eigenvalue weighted by Gasteiger charge is -2.26. The number of rotatable bonds is 9. The fourth-order valence-electron chi connectivity index (χ4n) is 1.91. The number of nitrogens with two attached hydrogens (primary N) is 1. The number of benzene rings is 1. The number of hydrogen-bond acceptors (Lipinski definition) is 5. The van der Waals surface area contributed by atoms with Crippen LogP contribution >= 0.6 is 0 Å². The summed E-state index contributed by atoms with van der Waals surface area (Å²) in [6.07, 6.45) is 2.97. The highest BCUT2D eigenvalue weighted by Crippen LogP contribution is 2.16. The Balaban J connectivity index is 2.38. The van der Waals surface area contributed by atoms with Crippen molar-refractivity contribution in [2.45, 2.75) is 43.5 Å². The van der Waals surface area contributed by atoms with Crippen LogP contribution in [0, 0.1) is 0 Å². The van der Waals surface area contributed by atoms with Crippen molar-refractivity contribution in [2.24, 2.45) is 5.73 Å². The second-order valence-corrected chi connectivity index (χ2v) is 7.70. The smallest absolute Gasteiger partial charge is 0.223 e. The molecule has 6 nitrogen and oxygen atoms in total. The molecule has 0 aromatic heterocycles. The number of carbonyl (C=O) groups excluding carboxylic acids is 1. The number of carbonyl (C=O) groups is 1. The highest BCUT2D eigenvalue weighted by atomic mass is 32.2. The molecule has 0 spiro atoms. The zero-order valence-corrected chi connectivity index (χ0v) is 14.8. The van der Waals surface area contributed by atoms with E-state index in [1.165, 1.54) is 12.1 Å². The highest BCUT2D eigenvalue weighted by Gasteiger charge is 2.20. The standard InChI is InChI=1S/C16H26N2O4S/c1-4-16(17,5-2)12-18-15(19)10-11-22-13-6-8-14(9-7-13)23(3,20)21/h6-9H,4-5,10-12,17H2,1-3H3,(H,18,19). The molecule has 1 rings (SSSR count). The van der Waals surface area contributed by atoms with E-state index in [1.807, 2.05) is 13.8 Å². The van der Waals surface area contributed by atoms with Crippen molar-refractivity contribution in [3.05, 3.63) is 24.3 Å². The summed E-state index contributed by atoms with van der Waals surface area (Å²) < 4.78 is 28.1. The van der Waals surface area contributed by atoms with E-state index in [1.54, 1.807) is 12.1 Å². The van der Waals surface area contributed by atoms with E-state index in [0.717, 1.165) is 19.1 Å². The summed E-state index contributed by atoms with van der Waals surface area (Å²) in [7, 11) is -3.21. The van der Waals surface area contributed by atoms with Gasteiger partial charge in [-0.3, -0.25) is 4.79 Å². The average molecular weight is 342 g/mol. The molecule has 7 heteroatoms. The minimum absolute atomic E-state index is 0.116. The average Bonchev–Trinajstić information content (AvgIpc) is 2.52. The molecule has 0 radical (unpaired) electrons. The van der Waals surface area contributed by atoms with Crippen molar-refractivity contribution < 1.29 is 17.9 Å². The molecule has 130 valence electrons. The van der Waals surface area contributed by atoms with Crippen molar-refractivity contribution in [3.63, 3.8) is 0 Å². The number of amides is 1. The van der Waals surface area contributed by atoms with Crippen LogP contribution in [0.5, 0.6) is 5.75 Å². The van der Waals surface area contributed by atoms with Crippen LogP contribution in [0.3, 0.4) is 0 Å². The Hall–Kier alpha value is -1.60. The van der Waals surface area contributed by atoms with Crippen molar-refractivity contribution >= 4 is 15.7 Å². The molecular formula is C16H26N2O4S. The number of hydrogen-bond donors (Lipinski definition) is 2. The van der Waals surface area contributed by atoms with Crippen molar-refractivity contribution in [3.8, 4) is 5.75 Å². The molecule has 0 aliphatic carbocycles. The molecule has 0 unspecified atom stereocenters. The topological polar surface area (TPSA) is 98.5 Å². The molecule has 0 bridgehead atoms. The van der Waals surface area contributed by atoms with Crippen LogP contribution in [0.4, 0.5) is 0 Å². The maximum atomic E-state index is 11.8. The fourth-order valence-corrected chi connectivity index (χ4v) is 2.54. The molecular weight excluding hydrogens is 316 g/mol. The molecule has 0 heterocycles. The van der Waals surface area contributed by atoms with Crippen LogP contribution in [0.25, 0.3) is 0 Å². The summed E-state index contributed by atoms with van der Waals surface area (Å²) >= 11 is 0. The zero-order valence-electron chi connectivity index (χ0n) is 14.0. The normalized spacial score (nSPS) is 12.0. The minimum atomic E-state index is -3.21. The first-order valence-corrected chi connectivity index (χ1v) is 9.58. The lowest BCUT2D eigenvalue weighted by atomic mass is 9.94. The van der Waals surface area contributed by atoms with Gasteiger partial charge in [-0.05, 0) is 37.1 Å². The van der Waals surface area contributed by atoms with Crippen LogP contribution < -0.4 is 15.8 Å². The Kier molecular flexibility index (Phi) is 7.02. The van der Waals surface area contributed by atoms with E-state index in [9.17, 15) is 13.2 Å². The fraction of sp³-hybridized carbons (Fsp3) is 0.562. The monoisotopic (exact) mass is 342 g/mol. The SMILES string of the molecule is CCC(N)(CC)CNC(=O)CCOc1ccc(S(C)(=O)=O)cc1. The Labute approximate surface area is 138 Å². The molecule has 0 saturated carbocycles. The molecule has 0 atom stereocenters. The molecule has 3 N–H and O–H groups in total. The Morgan fingerprint density at radius 3 is 2.26 bits per heavy atom. The maximum absolute atomic E-state index is 11.8. The molecule has 0 aliphatic rings. The van der Waals surface area contributed by atoms with Gasteiger partial charge >= 0.3 is 0 Å². The zero-order chi connectivity index (χ0) is 17.5. The van der Waals surface area contributed by atoms with Crippen LogP contribution in [0.1, 0.15) is 33.1 Å². The molecule has 1 aromatic carbocycles. The third kappa shape index (κ3) is 6.58. The van der Waals surface area contributed by atoms with E-state index >= 15 is 0 Å². The summed E-state index contributed by atoms with van der Waals surface area (Å²) in [4.78, 5) is 12.0. The molecule has 0 fully saturated rings. The summed E-state index contributed by atoms with van der Waals surface area (Å²) in [5.74, 6) is 0.412. The molecule has 0 saturated heterocycles. The quantitative estimate of drug-likeness (QED) is 0.708. The third-order valence-electron chi connectivity index (χ3n) is 3.90. The van der Waals surface area contributed by atoms with Crippen LogP contribution in [0.2, 0.25) is 0 Å². The van der Waals surface area contributed by atoms with Gasteiger partial charge in [-0.15, -0.1) is 0 Å². The van der Waals surface area contributed by atoms with Gasteiger partial charge in [0, 0.05) is 18.3 Å². The lowest BCUT2D eigenvalue weighted by Crippen LogP contribution is -2.49. The van der Waals surface area contributed by atoms with E-state index in [2.05, 4.69) is 5.32 Å². The number of nitrogens with one attached hydrogen (secondary N) is 1. The Bertz CT molecular complexity index is 607. The van der Waals surface area contributed by atoms with Gasteiger partial charge in [0.1, 0.15) is 5.75 Å². The van der Waals surface area contributed by atoms with Crippen molar-refractivity contribution in [1.82, 2.24) is 5.32 Å². The molecule has 0 aliphatic heterocycles. The summed E-state index contributed by atoms with van der Waals surface area (Å²) in [6, 6.07) is 6.12. The van der Waals surface area contributed by atoms with Crippen molar-refractivity contribution in [2.75, 3.05) is 19.4 Å². The maximum Gasteiger partial charge on any atom is 0.223 e. The van der Waals surface area contributed by atoms with Crippen molar-refractivity contribution in [1.29, 1.82) is 0 Å². The van der Waals surface area contributed by atoms with Gasteiger partial charge < -0.3 is 15.8 Å². The van der Waals surface area contributed by atoms with Gasteiger partial charge in [-0.25, -0.2) is 8.42 Å². The van der Waals surface area contributed by atoms with Gasteiger partial charge in [0.25, 0.3) is 0 Å². The third-order valence-corrected chi connectivity index (χ3v) is 5.02. The van der Waals surface area contributed by atoms with E-state index in [0.29, 0.717) is 12.3 Å². The van der Waals surface area contributed by atoms with Gasteiger partial charge in [0.15, 0.2) is 9.84 Å². The van der Waals surface area contributed by atoms with Gasteiger partial charge in [0.05, 0.1) is 17.9 Å². The molecule has 1 amide bonds. The number of ether oxygens (including phenoxy) is 1. The van der Waals surface area contributed by atoms with E-state index in [-0.39, 0.29) is 29.4 Å². The molecule has 23 heavy (non-hydrogen) atoms. The van der Waals surface area contributed by atoms with Gasteiger partial charge in [-0.2, -0.15) is 0 Å². The number of sulfone groups is 1. The van der Waals surface area contributed by atoms with E-state index in [4.69, 9.17) is 10.5 Å². The first-order chi connectivity index (χ1) is 10.7. The van der Waals surface area contributed by atoms with Crippen LogP contribution in [0.15, 0.2) is 29.2 Å². The predicted molar refractivity (Wildman–Crippen MR) is 90.2 cm³/mol. The molecule has 1 aromatic rings. The first kappa shape index (κ1) is 19.4. The van der Waals surface area contributed by atoms with E-state index < -0.39 is 9.84 Å². The Morgan fingerprint density at radius 2 is 1.78 bits per heavy atom. The summed E-state index contributed by atoms with van der Waals surface area (Å²) in [5.41, 5.74) is 5.76. The highest BCUT2D eigenvalue weighted by molar-refractivity contribution is 7.90.